The highest BCUT2D eigenvalue weighted by molar-refractivity contribution is 6.08. The Morgan fingerprint density at radius 1 is 0.952 bits per heavy atom. The van der Waals surface area contributed by atoms with Crippen LogP contribution in [0.25, 0.3) is 21.8 Å². The van der Waals surface area contributed by atoms with E-state index in [9.17, 15) is 0 Å². The Bertz CT molecular complexity index is 923. The fraction of sp³-hybridized carbons (Fsp3) is 0.111. The quantitative estimate of drug-likeness (QED) is 0.554. The van der Waals surface area contributed by atoms with Crippen LogP contribution in [0, 0.1) is 6.92 Å². The minimum absolute atomic E-state index is 0.810. The number of para-hydroxylation sites is 1. The summed E-state index contributed by atoms with van der Waals surface area (Å²) in [5.74, 6) is 0. The van der Waals surface area contributed by atoms with Crippen LogP contribution in [0.4, 0.5) is 0 Å². The fourth-order valence-electron chi connectivity index (χ4n) is 3.01. The Morgan fingerprint density at radius 3 is 2.71 bits per heavy atom. The lowest BCUT2D eigenvalue weighted by atomic mass is 10.2. The van der Waals surface area contributed by atoms with E-state index in [1.54, 1.807) is 0 Å². The van der Waals surface area contributed by atoms with Crippen LogP contribution in [0.2, 0.25) is 0 Å². The van der Waals surface area contributed by atoms with E-state index in [-0.39, 0.29) is 0 Å². The first-order chi connectivity index (χ1) is 10.3. The zero-order valence-corrected chi connectivity index (χ0v) is 11.8. The summed E-state index contributed by atoms with van der Waals surface area (Å²) in [6, 6.07) is 14.7. The Kier molecular flexibility index (Phi) is 2.71. The van der Waals surface area contributed by atoms with Gasteiger partial charge in [0.2, 0.25) is 0 Å². The molecule has 0 saturated heterocycles. The van der Waals surface area contributed by atoms with E-state index in [1.807, 2.05) is 24.7 Å². The minimum atomic E-state index is 0.810. The second kappa shape index (κ2) is 4.70. The predicted octanol–water partition coefficient (Wildman–Crippen LogP) is 3.94. The van der Waals surface area contributed by atoms with Crippen molar-refractivity contribution in [2.45, 2.75) is 13.5 Å². The second-order valence-corrected chi connectivity index (χ2v) is 5.26. The molecule has 3 heterocycles. The van der Waals surface area contributed by atoms with Crippen molar-refractivity contribution in [3.8, 4) is 0 Å². The van der Waals surface area contributed by atoms with Crippen molar-refractivity contribution in [1.29, 1.82) is 0 Å². The maximum atomic E-state index is 4.47. The van der Waals surface area contributed by atoms with Gasteiger partial charge in [-0.25, -0.2) is 0 Å². The summed E-state index contributed by atoms with van der Waals surface area (Å²) in [7, 11) is 0. The molecule has 0 radical (unpaired) electrons. The van der Waals surface area contributed by atoms with Gasteiger partial charge in [-0.1, -0.05) is 24.3 Å². The van der Waals surface area contributed by atoms with Crippen LogP contribution < -0.4 is 0 Å². The zero-order chi connectivity index (χ0) is 14.2. The Labute approximate surface area is 122 Å². The fourth-order valence-corrected chi connectivity index (χ4v) is 3.01. The van der Waals surface area contributed by atoms with Crippen LogP contribution in [-0.2, 0) is 6.54 Å². The standard InChI is InChI=1S/C18H15N3/c1-13-18-16(8-10-20-13)15-6-2-3-7-17(15)21(18)12-14-5-4-9-19-11-14/h2-11H,12H2,1H3. The molecule has 0 amide bonds. The maximum Gasteiger partial charge on any atom is 0.0710 e. The third-order valence-electron chi connectivity index (χ3n) is 3.93. The normalized spacial score (nSPS) is 11.3. The second-order valence-electron chi connectivity index (χ2n) is 5.26. The average molecular weight is 273 g/mol. The van der Waals surface area contributed by atoms with Crippen LogP contribution in [-0.4, -0.2) is 14.5 Å². The van der Waals surface area contributed by atoms with Crippen LogP contribution in [0.3, 0.4) is 0 Å². The number of hydrogen-bond donors (Lipinski definition) is 0. The number of benzene rings is 1. The third-order valence-corrected chi connectivity index (χ3v) is 3.93. The molecule has 4 aromatic rings. The van der Waals surface area contributed by atoms with Crippen molar-refractivity contribution in [2.75, 3.05) is 0 Å². The van der Waals surface area contributed by atoms with Crippen molar-refractivity contribution in [2.24, 2.45) is 0 Å². The molecule has 3 aromatic heterocycles. The van der Waals surface area contributed by atoms with Gasteiger partial charge in [0.05, 0.1) is 11.2 Å². The highest BCUT2D eigenvalue weighted by atomic mass is 15.0. The van der Waals surface area contributed by atoms with Gasteiger partial charge in [0, 0.05) is 41.4 Å². The molecule has 0 unspecified atom stereocenters. The molecule has 0 fully saturated rings. The van der Waals surface area contributed by atoms with Gasteiger partial charge in [0.1, 0.15) is 0 Å². The number of aryl methyl sites for hydroxylation is 1. The molecule has 0 aliphatic heterocycles. The first kappa shape index (κ1) is 12.1. The Hall–Kier alpha value is -2.68. The highest BCUT2D eigenvalue weighted by Crippen LogP contribution is 2.30. The van der Waals surface area contributed by atoms with Crippen molar-refractivity contribution < 1.29 is 0 Å². The first-order valence-corrected chi connectivity index (χ1v) is 7.06. The van der Waals surface area contributed by atoms with E-state index >= 15 is 0 Å². The summed E-state index contributed by atoms with van der Waals surface area (Å²) >= 11 is 0. The van der Waals surface area contributed by atoms with Gasteiger partial charge >= 0.3 is 0 Å². The molecular formula is C18H15N3. The van der Waals surface area contributed by atoms with Crippen LogP contribution in [0.15, 0.2) is 61.1 Å². The third kappa shape index (κ3) is 1.89. The molecule has 0 bridgehead atoms. The maximum absolute atomic E-state index is 4.47. The van der Waals surface area contributed by atoms with Crippen molar-refractivity contribution in [1.82, 2.24) is 14.5 Å². The van der Waals surface area contributed by atoms with E-state index in [0.29, 0.717) is 0 Å². The van der Waals surface area contributed by atoms with E-state index in [0.717, 1.165) is 12.2 Å². The molecule has 3 nitrogen and oxygen atoms in total. The van der Waals surface area contributed by atoms with E-state index < -0.39 is 0 Å². The Balaban J connectivity index is 2.05. The molecule has 0 N–H and O–H groups in total. The lowest BCUT2D eigenvalue weighted by molar-refractivity contribution is 0.856. The van der Waals surface area contributed by atoms with Gasteiger partial charge in [-0.15, -0.1) is 0 Å². The highest BCUT2D eigenvalue weighted by Gasteiger charge is 2.12. The summed E-state index contributed by atoms with van der Waals surface area (Å²) in [6.07, 6.45) is 5.62. The lowest BCUT2D eigenvalue weighted by Gasteiger charge is -2.08. The van der Waals surface area contributed by atoms with E-state index in [2.05, 4.69) is 57.9 Å². The van der Waals surface area contributed by atoms with E-state index in [1.165, 1.54) is 27.4 Å². The number of fused-ring (bicyclic) bond motifs is 3. The van der Waals surface area contributed by atoms with Crippen LogP contribution in [0.1, 0.15) is 11.3 Å². The molecule has 0 atom stereocenters. The number of hydrogen-bond acceptors (Lipinski definition) is 2. The zero-order valence-electron chi connectivity index (χ0n) is 11.8. The molecule has 0 saturated carbocycles. The monoisotopic (exact) mass is 273 g/mol. The van der Waals surface area contributed by atoms with Gasteiger partial charge in [-0.2, -0.15) is 0 Å². The summed E-state index contributed by atoms with van der Waals surface area (Å²) in [5, 5.41) is 2.55. The summed E-state index contributed by atoms with van der Waals surface area (Å²) in [5.41, 5.74) is 4.71. The molecule has 21 heavy (non-hydrogen) atoms. The van der Waals surface area contributed by atoms with Crippen molar-refractivity contribution in [3.05, 3.63) is 72.3 Å². The van der Waals surface area contributed by atoms with Crippen LogP contribution >= 0.6 is 0 Å². The van der Waals surface area contributed by atoms with Gasteiger partial charge in [0.15, 0.2) is 0 Å². The lowest BCUT2D eigenvalue weighted by Crippen LogP contribution is -2.01. The number of nitrogens with zero attached hydrogens (tertiary/aromatic N) is 3. The Morgan fingerprint density at radius 2 is 1.86 bits per heavy atom. The topological polar surface area (TPSA) is 30.7 Å². The van der Waals surface area contributed by atoms with E-state index in [4.69, 9.17) is 0 Å². The van der Waals surface area contributed by atoms with Gasteiger partial charge < -0.3 is 4.57 Å². The summed E-state index contributed by atoms with van der Waals surface area (Å²) in [6.45, 7) is 2.88. The average Bonchev–Trinajstić information content (AvgIpc) is 2.84. The number of rotatable bonds is 2. The molecule has 102 valence electrons. The minimum Gasteiger partial charge on any atom is -0.334 e. The molecule has 0 spiro atoms. The van der Waals surface area contributed by atoms with Crippen molar-refractivity contribution in [3.63, 3.8) is 0 Å². The van der Waals surface area contributed by atoms with Gasteiger partial charge in [-0.05, 0) is 30.7 Å². The smallest absolute Gasteiger partial charge is 0.0710 e. The van der Waals surface area contributed by atoms with Crippen molar-refractivity contribution >= 4 is 21.8 Å². The molecule has 3 heteroatoms. The summed E-state index contributed by atoms with van der Waals surface area (Å²) < 4.78 is 2.34. The molecule has 0 aliphatic rings. The molecule has 4 rings (SSSR count). The molecular weight excluding hydrogens is 258 g/mol. The number of aromatic nitrogens is 3. The van der Waals surface area contributed by atoms with Gasteiger partial charge in [-0.3, -0.25) is 9.97 Å². The largest absolute Gasteiger partial charge is 0.334 e. The van der Waals surface area contributed by atoms with Crippen LogP contribution in [0.5, 0.6) is 0 Å². The SMILES string of the molecule is Cc1nccc2c3ccccc3n(Cc3cccnc3)c12. The summed E-state index contributed by atoms with van der Waals surface area (Å²) in [4.78, 5) is 8.69. The number of pyridine rings is 2. The first-order valence-electron chi connectivity index (χ1n) is 7.06. The molecule has 1 aromatic carbocycles. The predicted molar refractivity (Wildman–Crippen MR) is 85.3 cm³/mol. The van der Waals surface area contributed by atoms with Gasteiger partial charge in [0.25, 0.3) is 0 Å². The molecule has 0 aliphatic carbocycles.